The van der Waals surface area contributed by atoms with Gasteiger partial charge in [-0.05, 0) is 80.7 Å². The van der Waals surface area contributed by atoms with E-state index in [9.17, 15) is 0 Å². The molecule has 0 amide bonds. The van der Waals surface area contributed by atoms with Crippen molar-refractivity contribution in [1.82, 2.24) is 14.9 Å². The van der Waals surface area contributed by atoms with Crippen molar-refractivity contribution in [2.45, 2.75) is 25.8 Å². The molecule has 5 nitrogen and oxygen atoms in total. The van der Waals surface area contributed by atoms with Crippen LogP contribution in [0.2, 0.25) is 0 Å². The van der Waals surface area contributed by atoms with E-state index in [4.69, 9.17) is 9.47 Å². The average Bonchev–Trinajstić information content (AvgIpc) is 3.27. The molecule has 4 aromatic rings. The van der Waals surface area contributed by atoms with E-state index < -0.39 is 0 Å². The molecule has 3 heterocycles. The van der Waals surface area contributed by atoms with E-state index in [0.717, 1.165) is 41.3 Å². The van der Waals surface area contributed by atoms with Crippen LogP contribution in [-0.2, 0) is 0 Å². The normalized spacial score (nSPS) is 17.1. The second kappa shape index (κ2) is 9.28. The van der Waals surface area contributed by atoms with E-state index in [0.29, 0.717) is 12.0 Å². The zero-order chi connectivity index (χ0) is 22.8. The molecule has 1 aliphatic rings. The molecule has 33 heavy (non-hydrogen) atoms. The number of aromatic nitrogens is 2. The molecule has 0 radical (unpaired) electrons. The maximum absolute atomic E-state index is 5.57. The highest BCUT2D eigenvalue weighted by atomic mass is 16.5. The first-order valence-corrected chi connectivity index (χ1v) is 11.7. The summed E-state index contributed by atoms with van der Waals surface area (Å²) < 4.78 is 13.3. The van der Waals surface area contributed by atoms with Gasteiger partial charge in [0, 0.05) is 52.2 Å². The molecule has 1 saturated heterocycles. The summed E-state index contributed by atoms with van der Waals surface area (Å²) in [6.07, 6.45) is 8.68. The largest absolute Gasteiger partial charge is 0.497 e. The minimum atomic E-state index is 0.403. The summed E-state index contributed by atoms with van der Waals surface area (Å²) in [5.74, 6) is 2.34. The third-order valence-electron chi connectivity index (χ3n) is 6.97. The number of pyridine rings is 1. The van der Waals surface area contributed by atoms with Crippen LogP contribution >= 0.6 is 0 Å². The van der Waals surface area contributed by atoms with Crippen molar-refractivity contribution in [3.63, 3.8) is 0 Å². The lowest BCUT2D eigenvalue weighted by molar-refractivity contribution is 0.284. The third kappa shape index (κ3) is 4.21. The number of fused-ring (bicyclic) bond motifs is 1. The Morgan fingerprint density at radius 3 is 2.42 bits per heavy atom. The minimum absolute atomic E-state index is 0.403. The van der Waals surface area contributed by atoms with Crippen molar-refractivity contribution >= 4 is 10.9 Å². The quantitative estimate of drug-likeness (QED) is 0.402. The highest BCUT2D eigenvalue weighted by molar-refractivity contribution is 5.97. The zero-order valence-electron chi connectivity index (χ0n) is 19.5. The first-order chi connectivity index (χ1) is 16.2. The SMILES string of the molecule is COc1ccc(-c2cncc(-c3cn(C(C)C4CCCNC4)c4ccc(OC)cc34)c2)cc1. The monoisotopic (exact) mass is 441 g/mol. The third-order valence-corrected chi connectivity index (χ3v) is 6.97. The van der Waals surface area contributed by atoms with Gasteiger partial charge in [0.25, 0.3) is 0 Å². The number of benzene rings is 2. The van der Waals surface area contributed by atoms with Gasteiger partial charge in [-0.3, -0.25) is 4.98 Å². The van der Waals surface area contributed by atoms with Gasteiger partial charge >= 0.3 is 0 Å². The summed E-state index contributed by atoms with van der Waals surface area (Å²) in [5, 5.41) is 4.76. The molecule has 0 aliphatic carbocycles. The van der Waals surface area contributed by atoms with Gasteiger partial charge in [-0.25, -0.2) is 0 Å². The molecule has 1 aliphatic heterocycles. The molecule has 5 heteroatoms. The molecule has 0 spiro atoms. The van der Waals surface area contributed by atoms with Gasteiger partial charge in [-0.15, -0.1) is 0 Å². The van der Waals surface area contributed by atoms with E-state index in [1.165, 1.54) is 29.3 Å². The van der Waals surface area contributed by atoms with Gasteiger partial charge in [0.1, 0.15) is 11.5 Å². The van der Waals surface area contributed by atoms with Gasteiger partial charge in [-0.1, -0.05) is 12.1 Å². The lowest BCUT2D eigenvalue weighted by Crippen LogP contribution is -2.34. The standard InChI is InChI=1S/C28H31N3O2/c1-19(21-5-4-12-29-15-21)31-18-27(26-14-25(33-3)10-11-28(26)31)23-13-22(16-30-17-23)20-6-8-24(32-2)9-7-20/h6-11,13-14,16-19,21,29H,4-5,12,15H2,1-3H3. The van der Waals surface area contributed by atoms with Crippen molar-refractivity contribution in [3.8, 4) is 33.8 Å². The molecule has 2 aromatic carbocycles. The van der Waals surface area contributed by atoms with Crippen LogP contribution in [-0.4, -0.2) is 36.9 Å². The van der Waals surface area contributed by atoms with Crippen LogP contribution in [0.25, 0.3) is 33.2 Å². The Morgan fingerprint density at radius 2 is 1.70 bits per heavy atom. The molecular weight excluding hydrogens is 410 g/mol. The number of methoxy groups -OCH3 is 2. The second-order valence-corrected chi connectivity index (χ2v) is 8.87. The molecule has 170 valence electrons. The molecule has 2 aromatic heterocycles. The van der Waals surface area contributed by atoms with E-state index in [2.05, 4.69) is 64.4 Å². The maximum Gasteiger partial charge on any atom is 0.119 e. The van der Waals surface area contributed by atoms with Crippen LogP contribution in [0.3, 0.4) is 0 Å². The molecule has 1 fully saturated rings. The molecule has 0 saturated carbocycles. The number of nitrogens with one attached hydrogen (secondary N) is 1. The first-order valence-electron chi connectivity index (χ1n) is 11.7. The summed E-state index contributed by atoms with van der Waals surface area (Å²) in [6, 6.07) is 17.1. The van der Waals surface area contributed by atoms with Crippen molar-refractivity contribution in [2.24, 2.45) is 5.92 Å². The predicted molar refractivity (Wildman–Crippen MR) is 134 cm³/mol. The van der Waals surface area contributed by atoms with Gasteiger partial charge in [0.2, 0.25) is 0 Å². The van der Waals surface area contributed by atoms with E-state index in [-0.39, 0.29) is 0 Å². The van der Waals surface area contributed by atoms with Gasteiger partial charge in [0.15, 0.2) is 0 Å². The lowest BCUT2D eigenvalue weighted by atomic mass is 9.92. The molecule has 1 N–H and O–H groups in total. The minimum Gasteiger partial charge on any atom is -0.497 e. The van der Waals surface area contributed by atoms with Gasteiger partial charge in [-0.2, -0.15) is 0 Å². The molecule has 2 unspecified atom stereocenters. The number of hydrogen-bond donors (Lipinski definition) is 1. The number of piperidine rings is 1. The second-order valence-electron chi connectivity index (χ2n) is 8.87. The highest BCUT2D eigenvalue weighted by Crippen LogP contribution is 2.38. The molecule has 0 bridgehead atoms. The fourth-order valence-corrected chi connectivity index (χ4v) is 4.97. The van der Waals surface area contributed by atoms with Crippen LogP contribution in [0.5, 0.6) is 11.5 Å². The fraction of sp³-hybridized carbons (Fsp3) is 0.321. The topological polar surface area (TPSA) is 48.3 Å². The van der Waals surface area contributed by atoms with E-state index in [1.54, 1.807) is 14.2 Å². The zero-order valence-corrected chi connectivity index (χ0v) is 19.5. The summed E-state index contributed by atoms with van der Waals surface area (Å²) in [6.45, 7) is 4.54. The Bertz CT molecular complexity index is 1240. The summed E-state index contributed by atoms with van der Waals surface area (Å²) in [7, 11) is 3.41. The smallest absolute Gasteiger partial charge is 0.119 e. The van der Waals surface area contributed by atoms with Crippen molar-refractivity contribution in [1.29, 1.82) is 0 Å². The highest BCUT2D eigenvalue weighted by Gasteiger charge is 2.24. The summed E-state index contributed by atoms with van der Waals surface area (Å²) in [5.41, 5.74) is 5.73. The summed E-state index contributed by atoms with van der Waals surface area (Å²) >= 11 is 0. The number of rotatable bonds is 6. The van der Waals surface area contributed by atoms with E-state index >= 15 is 0 Å². The maximum atomic E-state index is 5.57. The predicted octanol–water partition coefficient (Wildman–Crippen LogP) is 5.95. The van der Waals surface area contributed by atoms with Gasteiger partial charge < -0.3 is 19.4 Å². The molecular formula is C28H31N3O2. The molecule has 5 rings (SSSR count). The average molecular weight is 442 g/mol. The van der Waals surface area contributed by atoms with Crippen molar-refractivity contribution in [3.05, 3.63) is 67.1 Å². The van der Waals surface area contributed by atoms with Crippen LogP contribution in [0, 0.1) is 5.92 Å². The Labute approximate surface area is 195 Å². The Hall–Kier alpha value is -3.31. The van der Waals surface area contributed by atoms with Crippen LogP contribution < -0.4 is 14.8 Å². The first kappa shape index (κ1) is 21.5. The Kier molecular flexibility index (Phi) is 6.05. The summed E-state index contributed by atoms with van der Waals surface area (Å²) in [4.78, 5) is 4.59. The van der Waals surface area contributed by atoms with Crippen molar-refractivity contribution in [2.75, 3.05) is 27.3 Å². The number of hydrogen-bond acceptors (Lipinski definition) is 4. The van der Waals surface area contributed by atoms with Crippen LogP contribution in [0.15, 0.2) is 67.1 Å². The van der Waals surface area contributed by atoms with Crippen molar-refractivity contribution < 1.29 is 9.47 Å². The number of nitrogens with zero attached hydrogens (tertiary/aromatic N) is 2. The van der Waals surface area contributed by atoms with Gasteiger partial charge in [0.05, 0.1) is 14.2 Å². The van der Waals surface area contributed by atoms with E-state index in [1.807, 2.05) is 24.5 Å². The Morgan fingerprint density at radius 1 is 0.939 bits per heavy atom. The number of ether oxygens (including phenoxy) is 2. The Balaban J connectivity index is 1.60. The van der Waals surface area contributed by atoms with Crippen LogP contribution in [0.4, 0.5) is 0 Å². The fourth-order valence-electron chi connectivity index (χ4n) is 4.97. The molecule has 2 atom stereocenters. The van der Waals surface area contributed by atoms with Crippen LogP contribution in [0.1, 0.15) is 25.8 Å². The lowest BCUT2D eigenvalue weighted by Gasteiger charge is -2.30.